The Kier molecular flexibility index (Phi) is 12.7. The molecule has 0 aliphatic heterocycles. The van der Waals surface area contributed by atoms with Gasteiger partial charge < -0.3 is 9.47 Å². The molecular weight excluding hydrogens is 448 g/mol. The van der Waals surface area contributed by atoms with Crippen LogP contribution in [-0.4, -0.2) is 11.9 Å². The molecule has 0 heterocycles. The summed E-state index contributed by atoms with van der Waals surface area (Å²) in [6, 6.07) is 15.1. The molecule has 2 aromatic carbocycles. The zero-order chi connectivity index (χ0) is 26.5. The maximum absolute atomic E-state index is 12.3. The summed E-state index contributed by atoms with van der Waals surface area (Å²) in [5, 5.41) is 0. The highest BCUT2D eigenvalue weighted by molar-refractivity contribution is 5.74. The van der Waals surface area contributed by atoms with Gasteiger partial charge in [0.2, 0.25) is 0 Å². The fraction of sp³-hybridized carbons (Fsp3) is 0.562. The molecule has 0 aliphatic carbocycles. The monoisotopic (exact) mass is 494 g/mol. The number of esters is 2. The number of carbonyl (C=O) groups excluding carboxylic acids is 2. The summed E-state index contributed by atoms with van der Waals surface area (Å²) in [5.74, 6) is 2.82. The second kappa shape index (κ2) is 15.5. The number of benzene rings is 2. The first kappa shape index (κ1) is 29.6. The molecule has 4 heteroatoms. The Morgan fingerprint density at radius 1 is 0.556 bits per heavy atom. The average molecular weight is 495 g/mol. The van der Waals surface area contributed by atoms with Gasteiger partial charge in [-0.1, -0.05) is 104 Å². The Balaban J connectivity index is 1.80. The zero-order valence-corrected chi connectivity index (χ0v) is 23.2. The first-order valence-electron chi connectivity index (χ1n) is 13.7. The largest absolute Gasteiger partial charge is 0.427 e. The van der Waals surface area contributed by atoms with Crippen LogP contribution in [0.4, 0.5) is 0 Å². The molecule has 0 spiro atoms. The van der Waals surface area contributed by atoms with Crippen LogP contribution in [0.25, 0.3) is 11.1 Å². The number of ether oxygens (including phenoxy) is 2. The van der Waals surface area contributed by atoms with Crippen molar-refractivity contribution < 1.29 is 19.1 Å². The molecule has 0 N–H and O–H groups in total. The normalized spacial score (nSPS) is 13.0. The minimum atomic E-state index is -0.180. The predicted octanol–water partition coefficient (Wildman–Crippen LogP) is 8.87. The standard InChI is InChI=1S/C32H46O4/c1-23(2)9-7-11-25(5)21-31(33)35-29-17-13-27(14-18-29)28-15-19-30(20-16-28)36-32(34)22-26(6)12-8-10-24(3)4/h13-20,23-26H,7-12,21-22H2,1-6H3. The molecule has 0 fully saturated rings. The molecule has 0 amide bonds. The van der Waals surface area contributed by atoms with Crippen LogP contribution in [-0.2, 0) is 9.59 Å². The minimum absolute atomic E-state index is 0.180. The van der Waals surface area contributed by atoms with Gasteiger partial charge >= 0.3 is 11.9 Å². The number of hydrogen-bond acceptors (Lipinski definition) is 4. The summed E-state index contributed by atoms with van der Waals surface area (Å²) in [6.45, 7) is 13.1. The lowest BCUT2D eigenvalue weighted by Gasteiger charge is -2.12. The second-order valence-electron chi connectivity index (χ2n) is 11.3. The van der Waals surface area contributed by atoms with Crippen molar-refractivity contribution in [1.82, 2.24) is 0 Å². The Labute approximate surface area is 218 Å². The summed E-state index contributed by atoms with van der Waals surface area (Å²) >= 11 is 0. The van der Waals surface area contributed by atoms with Crippen LogP contribution in [0.1, 0.15) is 92.9 Å². The van der Waals surface area contributed by atoms with Crippen molar-refractivity contribution in [3.05, 3.63) is 48.5 Å². The van der Waals surface area contributed by atoms with Crippen molar-refractivity contribution in [3.63, 3.8) is 0 Å². The average Bonchev–Trinajstić information content (AvgIpc) is 2.79. The van der Waals surface area contributed by atoms with Crippen molar-refractivity contribution in [2.75, 3.05) is 0 Å². The van der Waals surface area contributed by atoms with Gasteiger partial charge in [0.1, 0.15) is 11.5 Å². The summed E-state index contributed by atoms with van der Waals surface area (Å²) < 4.78 is 11.1. The fourth-order valence-electron chi connectivity index (χ4n) is 4.30. The van der Waals surface area contributed by atoms with Crippen LogP contribution < -0.4 is 9.47 Å². The minimum Gasteiger partial charge on any atom is -0.427 e. The van der Waals surface area contributed by atoms with E-state index in [1.54, 1.807) is 0 Å². The van der Waals surface area contributed by atoms with Crippen LogP contribution in [0.2, 0.25) is 0 Å². The summed E-state index contributed by atoms with van der Waals surface area (Å²) in [7, 11) is 0. The quantitative estimate of drug-likeness (QED) is 0.183. The Morgan fingerprint density at radius 3 is 1.19 bits per heavy atom. The lowest BCUT2D eigenvalue weighted by atomic mass is 9.97. The van der Waals surface area contributed by atoms with Crippen LogP contribution in [0, 0.1) is 23.7 Å². The first-order chi connectivity index (χ1) is 17.1. The summed E-state index contributed by atoms with van der Waals surface area (Å²) in [6.07, 6.45) is 7.67. The summed E-state index contributed by atoms with van der Waals surface area (Å²) in [5.41, 5.74) is 2.02. The molecule has 36 heavy (non-hydrogen) atoms. The predicted molar refractivity (Wildman–Crippen MR) is 148 cm³/mol. The number of carbonyl (C=O) groups is 2. The van der Waals surface area contributed by atoms with Gasteiger partial charge in [-0.2, -0.15) is 0 Å². The van der Waals surface area contributed by atoms with E-state index in [9.17, 15) is 9.59 Å². The molecule has 4 nitrogen and oxygen atoms in total. The van der Waals surface area contributed by atoms with E-state index < -0.39 is 0 Å². The molecule has 198 valence electrons. The molecule has 2 rings (SSSR count). The van der Waals surface area contributed by atoms with Gasteiger partial charge in [0.25, 0.3) is 0 Å². The van der Waals surface area contributed by atoms with Crippen LogP contribution >= 0.6 is 0 Å². The molecule has 0 aliphatic rings. The smallest absolute Gasteiger partial charge is 0.311 e. The maximum atomic E-state index is 12.3. The topological polar surface area (TPSA) is 52.6 Å². The molecular formula is C32H46O4. The molecule has 0 saturated heterocycles. The third-order valence-corrected chi connectivity index (χ3v) is 6.49. The Morgan fingerprint density at radius 2 is 0.889 bits per heavy atom. The number of hydrogen-bond donors (Lipinski definition) is 0. The lowest BCUT2D eigenvalue weighted by molar-refractivity contribution is -0.136. The fourth-order valence-corrected chi connectivity index (χ4v) is 4.30. The van der Waals surface area contributed by atoms with E-state index in [1.807, 2.05) is 48.5 Å². The maximum Gasteiger partial charge on any atom is 0.311 e. The highest BCUT2D eigenvalue weighted by Crippen LogP contribution is 2.26. The summed E-state index contributed by atoms with van der Waals surface area (Å²) in [4.78, 5) is 24.6. The van der Waals surface area contributed by atoms with Gasteiger partial charge in [0, 0.05) is 12.8 Å². The van der Waals surface area contributed by atoms with E-state index in [0.717, 1.165) is 36.8 Å². The van der Waals surface area contributed by atoms with E-state index in [1.165, 1.54) is 12.8 Å². The third kappa shape index (κ3) is 11.9. The van der Waals surface area contributed by atoms with Crippen LogP contribution in [0.5, 0.6) is 11.5 Å². The Bertz CT molecular complexity index is 835. The lowest BCUT2D eigenvalue weighted by Crippen LogP contribution is -2.12. The highest BCUT2D eigenvalue weighted by Gasteiger charge is 2.13. The molecule has 2 unspecified atom stereocenters. The molecule has 0 bridgehead atoms. The molecule has 2 aromatic rings. The van der Waals surface area contributed by atoms with E-state index in [0.29, 0.717) is 48.0 Å². The van der Waals surface area contributed by atoms with Crippen LogP contribution in [0.3, 0.4) is 0 Å². The first-order valence-corrected chi connectivity index (χ1v) is 13.7. The van der Waals surface area contributed by atoms with Crippen molar-refractivity contribution in [2.45, 2.75) is 92.9 Å². The van der Waals surface area contributed by atoms with Crippen molar-refractivity contribution >= 4 is 11.9 Å². The SMILES string of the molecule is CC(C)CCCC(C)CC(=O)Oc1ccc(-c2ccc(OC(=O)CC(C)CCCC(C)C)cc2)cc1. The van der Waals surface area contributed by atoms with Crippen molar-refractivity contribution in [3.8, 4) is 22.6 Å². The molecule has 0 radical (unpaired) electrons. The van der Waals surface area contributed by atoms with E-state index in [-0.39, 0.29) is 11.9 Å². The Hall–Kier alpha value is -2.62. The third-order valence-electron chi connectivity index (χ3n) is 6.49. The zero-order valence-electron chi connectivity index (χ0n) is 23.2. The van der Waals surface area contributed by atoms with E-state index in [2.05, 4.69) is 41.5 Å². The highest BCUT2D eigenvalue weighted by atomic mass is 16.5. The van der Waals surface area contributed by atoms with E-state index in [4.69, 9.17) is 9.47 Å². The van der Waals surface area contributed by atoms with Gasteiger partial charge in [-0.3, -0.25) is 9.59 Å². The van der Waals surface area contributed by atoms with Crippen molar-refractivity contribution in [2.24, 2.45) is 23.7 Å². The van der Waals surface area contributed by atoms with Gasteiger partial charge in [0.15, 0.2) is 0 Å². The van der Waals surface area contributed by atoms with Gasteiger partial charge in [-0.15, -0.1) is 0 Å². The molecule has 0 aromatic heterocycles. The van der Waals surface area contributed by atoms with Gasteiger partial charge in [0.05, 0.1) is 0 Å². The van der Waals surface area contributed by atoms with Crippen molar-refractivity contribution in [1.29, 1.82) is 0 Å². The second-order valence-corrected chi connectivity index (χ2v) is 11.3. The molecule has 2 atom stereocenters. The van der Waals surface area contributed by atoms with Crippen LogP contribution in [0.15, 0.2) is 48.5 Å². The van der Waals surface area contributed by atoms with Gasteiger partial charge in [-0.25, -0.2) is 0 Å². The van der Waals surface area contributed by atoms with Gasteiger partial charge in [-0.05, 0) is 59.1 Å². The van der Waals surface area contributed by atoms with E-state index >= 15 is 0 Å². The number of rotatable bonds is 15. The molecule has 0 saturated carbocycles.